The fraction of sp³-hybridized carbons (Fsp3) is 0.800. The van der Waals surface area contributed by atoms with Crippen molar-refractivity contribution in [1.82, 2.24) is 9.80 Å². The van der Waals surface area contributed by atoms with Gasteiger partial charge < -0.3 is 15.1 Å². The van der Waals surface area contributed by atoms with Crippen molar-refractivity contribution in [3.63, 3.8) is 0 Å². The number of nitrogens with zero attached hydrogens (tertiary/aromatic N) is 3. The van der Waals surface area contributed by atoms with Gasteiger partial charge in [0.25, 0.3) is 0 Å². The van der Waals surface area contributed by atoms with Crippen LogP contribution in [0.15, 0.2) is 0 Å². The number of carbonyl (C=O) groups is 1. The summed E-state index contributed by atoms with van der Waals surface area (Å²) in [6.07, 6.45) is -1.22. The maximum Gasteiger partial charge on any atom is 0.236 e. The molecule has 1 aliphatic heterocycles. The summed E-state index contributed by atoms with van der Waals surface area (Å²) in [6.45, 7) is 1.22. The molecule has 2 N–H and O–H groups in total. The second-order valence-corrected chi connectivity index (χ2v) is 4.05. The van der Waals surface area contributed by atoms with Gasteiger partial charge in [0, 0.05) is 26.7 Å². The van der Waals surface area contributed by atoms with Gasteiger partial charge in [-0.3, -0.25) is 9.69 Å². The molecule has 1 heterocycles. The normalized spacial score (nSPS) is 25.4. The molecule has 1 amide bonds. The molecule has 0 aromatic rings. The Labute approximate surface area is 94.7 Å². The molecule has 0 spiro atoms. The number of β-amino-alcohol motifs (C(OH)–C–C–N with tert-alkyl or cyclic N) is 2. The Morgan fingerprint density at radius 2 is 2.06 bits per heavy atom. The van der Waals surface area contributed by atoms with Crippen LogP contribution < -0.4 is 0 Å². The van der Waals surface area contributed by atoms with Gasteiger partial charge in [0.1, 0.15) is 0 Å². The molecule has 1 rings (SSSR count). The fourth-order valence-corrected chi connectivity index (χ4v) is 1.63. The van der Waals surface area contributed by atoms with Crippen LogP contribution in [-0.4, -0.2) is 71.4 Å². The molecule has 90 valence electrons. The summed E-state index contributed by atoms with van der Waals surface area (Å²) in [6, 6.07) is 1.97. The third-order valence-corrected chi connectivity index (χ3v) is 2.68. The monoisotopic (exact) mass is 227 g/mol. The van der Waals surface area contributed by atoms with Gasteiger partial charge in [0.2, 0.25) is 5.91 Å². The SMILES string of the molecule is CN(CCC#N)C(=O)CN1CC(O)C(O)C1. The van der Waals surface area contributed by atoms with E-state index in [0.717, 1.165) is 0 Å². The van der Waals surface area contributed by atoms with Crippen LogP contribution in [0.5, 0.6) is 0 Å². The molecule has 0 bridgehead atoms. The number of likely N-dealkylation sites (N-methyl/N-ethyl adjacent to an activating group) is 1. The van der Waals surface area contributed by atoms with Gasteiger partial charge in [0.05, 0.1) is 31.2 Å². The largest absolute Gasteiger partial charge is 0.389 e. The molecular weight excluding hydrogens is 210 g/mol. The average Bonchev–Trinajstić information content (AvgIpc) is 2.54. The Kier molecular flexibility index (Phi) is 4.68. The van der Waals surface area contributed by atoms with Gasteiger partial charge in [-0.05, 0) is 0 Å². The molecule has 0 radical (unpaired) electrons. The molecule has 6 heteroatoms. The topological polar surface area (TPSA) is 87.8 Å². The third kappa shape index (κ3) is 3.45. The maximum absolute atomic E-state index is 11.6. The Bertz CT molecular complexity index is 280. The minimum absolute atomic E-state index is 0.100. The number of amides is 1. The maximum atomic E-state index is 11.6. The lowest BCUT2D eigenvalue weighted by molar-refractivity contribution is -0.130. The molecule has 1 fully saturated rings. The van der Waals surface area contributed by atoms with Gasteiger partial charge in [-0.15, -0.1) is 0 Å². The van der Waals surface area contributed by atoms with E-state index in [4.69, 9.17) is 5.26 Å². The highest BCUT2D eigenvalue weighted by atomic mass is 16.3. The van der Waals surface area contributed by atoms with Crippen LogP contribution in [0.1, 0.15) is 6.42 Å². The molecule has 0 aliphatic carbocycles. The van der Waals surface area contributed by atoms with E-state index in [-0.39, 0.29) is 12.5 Å². The number of aliphatic hydroxyl groups is 2. The zero-order chi connectivity index (χ0) is 12.1. The molecule has 2 unspecified atom stereocenters. The first-order valence-electron chi connectivity index (χ1n) is 5.24. The van der Waals surface area contributed by atoms with Crippen molar-refractivity contribution >= 4 is 5.91 Å². The average molecular weight is 227 g/mol. The zero-order valence-electron chi connectivity index (χ0n) is 9.33. The molecule has 0 aromatic carbocycles. The van der Waals surface area contributed by atoms with Gasteiger partial charge in [-0.25, -0.2) is 0 Å². The number of likely N-dealkylation sites (tertiary alicyclic amines) is 1. The van der Waals surface area contributed by atoms with Crippen LogP contribution in [0.2, 0.25) is 0 Å². The van der Waals surface area contributed by atoms with Gasteiger partial charge >= 0.3 is 0 Å². The number of aliphatic hydroxyl groups excluding tert-OH is 2. The number of nitriles is 1. The summed E-state index contributed by atoms with van der Waals surface area (Å²) in [5.74, 6) is -0.100. The van der Waals surface area contributed by atoms with Crippen molar-refractivity contribution in [2.24, 2.45) is 0 Å². The highest BCUT2D eigenvalue weighted by Gasteiger charge is 2.30. The summed E-state index contributed by atoms with van der Waals surface area (Å²) >= 11 is 0. The fourth-order valence-electron chi connectivity index (χ4n) is 1.63. The highest BCUT2D eigenvalue weighted by molar-refractivity contribution is 5.78. The lowest BCUT2D eigenvalue weighted by Gasteiger charge is -2.20. The molecule has 0 aromatic heterocycles. The van der Waals surface area contributed by atoms with Crippen LogP contribution in [0.25, 0.3) is 0 Å². The Balaban J connectivity index is 2.32. The quantitative estimate of drug-likeness (QED) is 0.603. The van der Waals surface area contributed by atoms with E-state index in [1.54, 1.807) is 11.9 Å². The predicted molar refractivity (Wildman–Crippen MR) is 56.3 cm³/mol. The summed E-state index contributed by atoms with van der Waals surface area (Å²) in [4.78, 5) is 14.8. The van der Waals surface area contributed by atoms with Crippen LogP contribution in [0.3, 0.4) is 0 Å². The Morgan fingerprint density at radius 1 is 1.50 bits per heavy atom. The van der Waals surface area contributed by atoms with E-state index < -0.39 is 12.2 Å². The lowest BCUT2D eigenvalue weighted by atomic mass is 10.3. The highest BCUT2D eigenvalue weighted by Crippen LogP contribution is 2.09. The van der Waals surface area contributed by atoms with Crippen LogP contribution in [0.4, 0.5) is 0 Å². The third-order valence-electron chi connectivity index (χ3n) is 2.68. The van der Waals surface area contributed by atoms with Crippen molar-refractivity contribution in [2.75, 3.05) is 33.2 Å². The van der Waals surface area contributed by atoms with Crippen molar-refractivity contribution in [3.8, 4) is 6.07 Å². The van der Waals surface area contributed by atoms with Gasteiger partial charge in [-0.1, -0.05) is 0 Å². The number of hydrogen-bond acceptors (Lipinski definition) is 5. The Hall–Kier alpha value is -1.16. The van der Waals surface area contributed by atoms with Gasteiger partial charge in [-0.2, -0.15) is 5.26 Å². The predicted octanol–water partition coefficient (Wildman–Crippen LogP) is -1.60. The van der Waals surface area contributed by atoms with E-state index in [0.29, 0.717) is 26.1 Å². The van der Waals surface area contributed by atoms with Crippen molar-refractivity contribution in [1.29, 1.82) is 5.26 Å². The van der Waals surface area contributed by atoms with Crippen molar-refractivity contribution in [3.05, 3.63) is 0 Å². The van der Waals surface area contributed by atoms with Crippen LogP contribution >= 0.6 is 0 Å². The number of carbonyl (C=O) groups excluding carboxylic acids is 1. The van der Waals surface area contributed by atoms with Crippen LogP contribution in [-0.2, 0) is 4.79 Å². The summed E-state index contributed by atoms with van der Waals surface area (Å²) in [7, 11) is 1.64. The molecular formula is C10H17N3O3. The van der Waals surface area contributed by atoms with E-state index in [9.17, 15) is 15.0 Å². The zero-order valence-corrected chi connectivity index (χ0v) is 9.33. The Morgan fingerprint density at radius 3 is 2.56 bits per heavy atom. The second kappa shape index (κ2) is 5.80. The van der Waals surface area contributed by atoms with E-state index in [2.05, 4.69) is 0 Å². The molecule has 16 heavy (non-hydrogen) atoms. The molecule has 6 nitrogen and oxygen atoms in total. The van der Waals surface area contributed by atoms with E-state index in [1.165, 1.54) is 4.90 Å². The number of hydrogen-bond donors (Lipinski definition) is 2. The number of rotatable bonds is 4. The van der Waals surface area contributed by atoms with E-state index >= 15 is 0 Å². The van der Waals surface area contributed by atoms with Gasteiger partial charge in [0.15, 0.2) is 0 Å². The van der Waals surface area contributed by atoms with Crippen LogP contribution in [0, 0.1) is 11.3 Å². The van der Waals surface area contributed by atoms with E-state index in [1.807, 2.05) is 6.07 Å². The second-order valence-electron chi connectivity index (χ2n) is 4.05. The molecule has 0 saturated carbocycles. The minimum atomic E-state index is -0.766. The summed E-state index contributed by atoms with van der Waals surface area (Å²) in [5, 5.41) is 27.0. The smallest absolute Gasteiger partial charge is 0.236 e. The summed E-state index contributed by atoms with van der Waals surface area (Å²) < 4.78 is 0. The molecule has 1 saturated heterocycles. The standard InChI is InChI=1S/C10H17N3O3/c1-12(4-2-3-11)10(16)7-13-5-8(14)9(15)6-13/h8-9,14-15H,2,4-7H2,1H3. The van der Waals surface area contributed by atoms with Crippen molar-refractivity contribution in [2.45, 2.75) is 18.6 Å². The first-order chi connectivity index (χ1) is 7.54. The minimum Gasteiger partial charge on any atom is -0.389 e. The molecule has 2 atom stereocenters. The van der Waals surface area contributed by atoms with Crippen molar-refractivity contribution < 1.29 is 15.0 Å². The first kappa shape index (κ1) is 12.9. The molecule has 1 aliphatic rings. The lowest BCUT2D eigenvalue weighted by Crippen LogP contribution is -2.38. The summed E-state index contributed by atoms with van der Waals surface area (Å²) in [5.41, 5.74) is 0. The first-order valence-corrected chi connectivity index (χ1v) is 5.24.